The molecule has 1 unspecified atom stereocenters. The van der Waals surface area contributed by atoms with Crippen LogP contribution in [-0.4, -0.2) is 49.7 Å². The summed E-state index contributed by atoms with van der Waals surface area (Å²) >= 11 is 0. The zero-order valence-electron chi connectivity index (χ0n) is 14.5. The summed E-state index contributed by atoms with van der Waals surface area (Å²) in [5, 5.41) is 5.63. The minimum atomic E-state index is -0.357. The maximum Gasteiger partial charge on any atom is 0.338 e. The Morgan fingerprint density at radius 2 is 2.04 bits per heavy atom. The van der Waals surface area contributed by atoms with E-state index in [4.69, 9.17) is 4.74 Å². The van der Waals surface area contributed by atoms with E-state index >= 15 is 0 Å². The minimum absolute atomic E-state index is 0.232. The van der Waals surface area contributed by atoms with E-state index in [0.29, 0.717) is 24.4 Å². The number of nitrogens with one attached hydrogen (secondary N) is 2. The second kappa shape index (κ2) is 9.27. The van der Waals surface area contributed by atoms with Crippen LogP contribution in [0.15, 0.2) is 24.3 Å². The smallest absolute Gasteiger partial charge is 0.338 e. The van der Waals surface area contributed by atoms with Gasteiger partial charge in [0, 0.05) is 25.3 Å². The van der Waals surface area contributed by atoms with E-state index in [0.717, 1.165) is 25.6 Å². The zero-order chi connectivity index (χ0) is 17.4. The summed E-state index contributed by atoms with van der Waals surface area (Å²) in [5.41, 5.74) is 1.12. The van der Waals surface area contributed by atoms with E-state index in [9.17, 15) is 9.59 Å². The number of hydrogen-bond acceptors (Lipinski definition) is 4. The third kappa shape index (κ3) is 5.85. The van der Waals surface area contributed by atoms with Gasteiger partial charge in [-0.2, -0.15) is 0 Å². The highest BCUT2D eigenvalue weighted by Gasteiger charge is 2.15. The Morgan fingerprint density at radius 3 is 2.71 bits per heavy atom. The monoisotopic (exact) mass is 333 g/mol. The molecule has 2 rings (SSSR count). The Balaban J connectivity index is 1.71. The summed E-state index contributed by atoms with van der Waals surface area (Å²) in [6, 6.07) is 6.44. The number of anilines is 1. The standard InChI is InChI=1S/C18H27N3O3/c1-3-24-17(22)15-6-8-16(9-7-15)20-18(23)19-10-12-21-11-4-5-14(2)13-21/h6-9,14H,3-5,10-13H2,1-2H3,(H2,19,20,23). The van der Waals surface area contributed by atoms with Crippen molar-refractivity contribution in [2.45, 2.75) is 26.7 Å². The fraction of sp³-hybridized carbons (Fsp3) is 0.556. The molecular weight excluding hydrogens is 306 g/mol. The van der Waals surface area contributed by atoms with Crippen LogP contribution in [-0.2, 0) is 4.74 Å². The average molecular weight is 333 g/mol. The van der Waals surface area contributed by atoms with Gasteiger partial charge in [0.25, 0.3) is 0 Å². The van der Waals surface area contributed by atoms with Gasteiger partial charge < -0.3 is 20.3 Å². The van der Waals surface area contributed by atoms with Crippen LogP contribution in [0.25, 0.3) is 0 Å². The van der Waals surface area contributed by atoms with Gasteiger partial charge in [0.05, 0.1) is 12.2 Å². The third-order valence-electron chi connectivity index (χ3n) is 4.11. The number of nitrogens with zero attached hydrogens (tertiary/aromatic N) is 1. The lowest BCUT2D eigenvalue weighted by Crippen LogP contribution is -2.41. The number of rotatable bonds is 6. The van der Waals surface area contributed by atoms with Crippen molar-refractivity contribution in [1.29, 1.82) is 0 Å². The lowest BCUT2D eigenvalue weighted by molar-refractivity contribution is 0.0526. The van der Waals surface area contributed by atoms with E-state index in [1.165, 1.54) is 12.8 Å². The molecule has 2 amide bonds. The molecule has 1 atom stereocenters. The van der Waals surface area contributed by atoms with E-state index < -0.39 is 0 Å². The molecular formula is C18H27N3O3. The molecule has 0 radical (unpaired) electrons. The SMILES string of the molecule is CCOC(=O)c1ccc(NC(=O)NCCN2CCCC(C)C2)cc1. The Labute approximate surface area is 143 Å². The third-order valence-corrected chi connectivity index (χ3v) is 4.11. The molecule has 0 aliphatic carbocycles. The van der Waals surface area contributed by atoms with Crippen molar-refractivity contribution in [3.63, 3.8) is 0 Å². The number of piperidine rings is 1. The van der Waals surface area contributed by atoms with Gasteiger partial charge in [-0.05, 0) is 56.5 Å². The molecule has 1 aliphatic heterocycles. The Bertz CT molecular complexity index is 545. The molecule has 1 aromatic carbocycles. The second-order valence-corrected chi connectivity index (χ2v) is 6.23. The number of hydrogen-bond donors (Lipinski definition) is 2. The normalized spacial score (nSPS) is 18.0. The van der Waals surface area contributed by atoms with Crippen molar-refractivity contribution in [3.8, 4) is 0 Å². The molecule has 132 valence electrons. The number of urea groups is 1. The summed E-state index contributed by atoms with van der Waals surface area (Å²) in [4.78, 5) is 25.9. The number of ether oxygens (including phenoxy) is 1. The molecule has 0 aromatic heterocycles. The van der Waals surface area contributed by atoms with Crippen LogP contribution in [0.4, 0.5) is 10.5 Å². The molecule has 1 heterocycles. The van der Waals surface area contributed by atoms with Crippen molar-refractivity contribution >= 4 is 17.7 Å². The molecule has 6 nitrogen and oxygen atoms in total. The second-order valence-electron chi connectivity index (χ2n) is 6.23. The first-order valence-electron chi connectivity index (χ1n) is 8.63. The molecule has 1 aliphatic rings. The topological polar surface area (TPSA) is 70.7 Å². The first kappa shape index (κ1) is 18.3. The Hall–Kier alpha value is -2.08. The van der Waals surface area contributed by atoms with Crippen LogP contribution in [0.3, 0.4) is 0 Å². The maximum atomic E-state index is 11.9. The highest BCUT2D eigenvalue weighted by atomic mass is 16.5. The highest BCUT2D eigenvalue weighted by molar-refractivity contribution is 5.92. The summed E-state index contributed by atoms with van der Waals surface area (Å²) in [5.74, 6) is 0.384. The maximum absolute atomic E-state index is 11.9. The molecule has 2 N–H and O–H groups in total. The predicted molar refractivity (Wildman–Crippen MR) is 94.3 cm³/mol. The van der Waals surface area contributed by atoms with Crippen LogP contribution in [0.2, 0.25) is 0 Å². The van der Waals surface area contributed by atoms with Gasteiger partial charge in [-0.3, -0.25) is 0 Å². The number of amides is 2. The molecule has 24 heavy (non-hydrogen) atoms. The molecule has 1 saturated heterocycles. The van der Waals surface area contributed by atoms with Crippen LogP contribution in [0, 0.1) is 5.92 Å². The molecule has 0 saturated carbocycles. The van der Waals surface area contributed by atoms with Crippen molar-refractivity contribution in [1.82, 2.24) is 10.2 Å². The predicted octanol–water partition coefficient (Wildman–Crippen LogP) is 2.72. The summed E-state index contributed by atoms with van der Waals surface area (Å²) in [6.07, 6.45) is 2.53. The molecule has 0 bridgehead atoms. The lowest BCUT2D eigenvalue weighted by atomic mass is 10.0. The van der Waals surface area contributed by atoms with Crippen molar-refractivity contribution < 1.29 is 14.3 Å². The Kier molecular flexibility index (Phi) is 7.06. The molecule has 6 heteroatoms. The van der Waals surface area contributed by atoms with Gasteiger partial charge in [-0.1, -0.05) is 6.92 Å². The molecule has 1 fully saturated rings. The fourth-order valence-electron chi connectivity index (χ4n) is 2.90. The van der Waals surface area contributed by atoms with Crippen LogP contribution in [0.1, 0.15) is 37.0 Å². The minimum Gasteiger partial charge on any atom is -0.462 e. The fourth-order valence-corrected chi connectivity index (χ4v) is 2.90. The summed E-state index contributed by atoms with van der Waals surface area (Å²) in [6.45, 7) is 8.10. The number of carbonyl (C=O) groups is 2. The first-order chi connectivity index (χ1) is 11.6. The largest absolute Gasteiger partial charge is 0.462 e. The van der Waals surface area contributed by atoms with Crippen LogP contribution < -0.4 is 10.6 Å². The van der Waals surface area contributed by atoms with Crippen molar-refractivity contribution in [2.24, 2.45) is 5.92 Å². The number of carbonyl (C=O) groups excluding carboxylic acids is 2. The average Bonchev–Trinajstić information content (AvgIpc) is 2.56. The molecule has 0 spiro atoms. The van der Waals surface area contributed by atoms with E-state index in [1.807, 2.05) is 0 Å². The van der Waals surface area contributed by atoms with E-state index in [2.05, 4.69) is 22.5 Å². The lowest BCUT2D eigenvalue weighted by Gasteiger charge is -2.30. The van der Waals surface area contributed by atoms with Gasteiger partial charge in [0.2, 0.25) is 0 Å². The van der Waals surface area contributed by atoms with Gasteiger partial charge in [-0.15, -0.1) is 0 Å². The van der Waals surface area contributed by atoms with Gasteiger partial charge in [0.1, 0.15) is 0 Å². The number of esters is 1. The van der Waals surface area contributed by atoms with E-state index in [1.54, 1.807) is 31.2 Å². The summed E-state index contributed by atoms with van der Waals surface area (Å²) < 4.78 is 4.92. The Morgan fingerprint density at radius 1 is 1.29 bits per heavy atom. The quantitative estimate of drug-likeness (QED) is 0.785. The van der Waals surface area contributed by atoms with Gasteiger partial charge >= 0.3 is 12.0 Å². The van der Waals surface area contributed by atoms with Crippen molar-refractivity contribution in [3.05, 3.63) is 29.8 Å². The number of benzene rings is 1. The van der Waals surface area contributed by atoms with Crippen molar-refractivity contribution in [2.75, 3.05) is 38.1 Å². The highest BCUT2D eigenvalue weighted by Crippen LogP contribution is 2.14. The van der Waals surface area contributed by atoms with Crippen LogP contribution >= 0.6 is 0 Å². The van der Waals surface area contributed by atoms with E-state index in [-0.39, 0.29) is 12.0 Å². The zero-order valence-corrected chi connectivity index (χ0v) is 14.5. The molecule has 1 aromatic rings. The van der Waals surface area contributed by atoms with Gasteiger partial charge in [-0.25, -0.2) is 9.59 Å². The first-order valence-corrected chi connectivity index (χ1v) is 8.63. The number of likely N-dealkylation sites (tertiary alicyclic amines) is 1. The summed E-state index contributed by atoms with van der Waals surface area (Å²) in [7, 11) is 0. The van der Waals surface area contributed by atoms with Gasteiger partial charge in [0.15, 0.2) is 0 Å². The van der Waals surface area contributed by atoms with Crippen LogP contribution in [0.5, 0.6) is 0 Å².